The van der Waals surface area contributed by atoms with E-state index < -0.39 is 8.07 Å². The van der Waals surface area contributed by atoms with Crippen molar-refractivity contribution >= 4 is 29.8 Å². The Hall–Kier alpha value is -3.21. The third-order valence-corrected chi connectivity index (χ3v) is 11.2. The van der Waals surface area contributed by atoms with Crippen LogP contribution in [-0.4, -0.2) is 17.6 Å². The first-order valence-electron chi connectivity index (χ1n) is 11.0. The normalized spacial score (nSPS) is 13.7. The van der Waals surface area contributed by atoms with E-state index in [0.29, 0.717) is 0 Å². The molecule has 0 atom stereocenters. The number of rotatable bonds is 3. The number of aryl methyl sites for hydroxylation is 1. The van der Waals surface area contributed by atoms with Crippen molar-refractivity contribution in [1.82, 2.24) is 9.55 Å². The van der Waals surface area contributed by atoms with E-state index in [1.54, 1.807) is 11.3 Å². The zero-order valence-corrected chi connectivity index (χ0v) is 20.3. The molecule has 6 rings (SSSR count). The van der Waals surface area contributed by atoms with Crippen molar-refractivity contribution in [1.29, 1.82) is 0 Å². The van der Waals surface area contributed by atoms with Crippen LogP contribution in [-0.2, 0) is 0 Å². The fourth-order valence-electron chi connectivity index (χ4n) is 4.92. The molecule has 0 saturated heterocycles. The molecule has 0 bridgehead atoms. The van der Waals surface area contributed by atoms with Gasteiger partial charge in [0.1, 0.15) is 13.9 Å². The number of fused-ring (bicyclic) bond motifs is 3. The van der Waals surface area contributed by atoms with Gasteiger partial charge in [-0.3, -0.25) is 4.57 Å². The molecule has 0 spiro atoms. The lowest BCUT2D eigenvalue weighted by molar-refractivity contribution is 1.07. The van der Waals surface area contributed by atoms with Gasteiger partial charge in [0.05, 0.1) is 10.6 Å². The van der Waals surface area contributed by atoms with Gasteiger partial charge in [-0.05, 0) is 52.7 Å². The van der Waals surface area contributed by atoms with Gasteiger partial charge in [-0.15, -0.1) is 11.3 Å². The molecule has 2 aromatic heterocycles. The first kappa shape index (κ1) is 19.5. The van der Waals surface area contributed by atoms with Gasteiger partial charge in [-0.25, -0.2) is 4.98 Å². The van der Waals surface area contributed by atoms with Crippen molar-refractivity contribution in [3.05, 3.63) is 96.0 Å². The van der Waals surface area contributed by atoms with Crippen LogP contribution < -0.4 is 10.4 Å². The van der Waals surface area contributed by atoms with Crippen LogP contribution in [0, 0.1) is 6.92 Å². The van der Waals surface area contributed by atoms with Gasteiger partial charge >= 0.3 is 0 Å². The highest BCUT2D eigenvalue weighted by Gasteiger charge is 2.37. The van der Waals surface area contributed by atoms with E-state index in [9.17, 15) is 0 Å². The summed E-state index contributed by atoms with van der Waals surface area (Å²) in [6, 6.07) is 30.8. The molecule has 1 aliphatic rings. The number of imidazole rings is 1. The average molecular weight is 449 g/mol. The number of hydrogen-bond acceptors (Lipinski definition) is 2. The van der Waals surface area contributed by atoms with Gasteiger partial charge in [0.15, 0.2) is 0 Å². The van der Waals surface area contributed by atoms with Crippen LogP contribution in [0.4, 0.5) is 0 Å². The third-order valence-electron chi connectivity index (χ3n) is 6.58. The van der Waals surface area contributed by atoms with Crippen LogP contribution in [0.15, 0.2) is 91.1 Å². The zero-order valence-electron chi connectivity index (χ0n) is 18.5. The summed E-state index contributed by atoms with van der Waals surface area (Å²) in [7, 11) is -1.65. The Kier molecular flexibility index (Phi) is 4.35. The topological polar surface area (TPSA) is 17.8 Å². The largest absolute Gasteiger partial charge is 0.299 e. The van der Waals surface area contributed by atoms with E-state index >= 15 is 0 Å². The molecule has 0 saturated carbocycles. The summed E-state index contributed by atoms with van der Waals surface area (Å²) < 4.78 is 2.26. The maximum atomic E-state index is 5.09. The second-order valence-electron chi connectivity index (χ2n) is 9.00. The molecule has 0 radical (unpaired) electrons. The average Bonchev–Trinajstić information content (AvgIpc) is 3.50. The van der Waals surface area contributed by atoms with Crippen LogP contribution in [0.3, 0.4) is 0 Å². The highest BCUT2D eigenvalue weighted by atomic mass is 32.1. The molecule has 3 heterocycles. The monoisotopic (exact) mass is 448 g/mol. The van der Waals surface area contributed by atoms with Crippen LogP contribution in [0.1, 0.15) is 4.88 Å². The summed E-state index contributed by atoms with van der Waals surface area (Å²) in [5.74, 6) is 0.981. The lowest BCUT2D eigenvalue weighted by atomic mass is 10.1. The maximum absolute atomic E-state index is 5.09. The highest BCUT2D eigenvalue weighted by Crippen LogP contribution is 2.34. The van der Waals surface area contributed by atoms with Crippen molar-refractivity contribution in [3.63, 3.8) is 0 Å². The number of thiophene rings is 1. The molecule has 0 aliphatic carbocycles. The molecule has 32 heavy (non-hydrogen) atoms. The molecule has 0 N–H and O–H groups in total. The molecule has 0 unspecified atom stereocenters. The number of nitrogens with zero attached hydrogens (tertiary/aromatic N) is 2. The molecular weight excluding hydrogens is 424 g/mol. The van der Waals surface area contributed by atoms with Gasteiger partial charge in [0.25, 0.3) is 0 Å². The van der Waals surface area contributed by atoms with Gasteiger partial charge in [0, 0.05) is 22.3 Å². The molecule has 2 nitrogen and oxygen atoms in total. The SMILES string of the molecule is Cc1ccc(-c2cn(-c3ccc4c(c3)-c3ccccc3[Si]4(C)C)c(-c3ccccc3)n2)s1. The minimum atomic E-state index is -1.65. The summed E-state index contributed by atoms with van der Waals surface area (Å²) in [5.41, 5.74) is 6.10. The van der Waals surface area contributed by atoms with Crippen molar-refractivity contribution < 1.29 is 0 Å². The molecular formula is C28H24N2SSi. The quantitative estimate of drug-likeness (QED) is 0.293. The van der Waals surface area contributed by atoms with Gasteiger partial charge in [0.2, 0.25) is 0 Å². The number of hydrogen-bond donors (Lipinski definition) is 0. The van der Waals surface area contributed by atoms with Crippen LogP contribution in [0.2, 0.25) is 13.1 Å². The van der Waals surface area contributed by atoms with Crippen molar-refractivity contribution in [2.24, 2.45) is 0 Å². The van der Waals surface area contributed by atoms with Gasteiger partial charge in [-0.2, -0.15) is 0 Å². The first-order valence-corrected chi connectivity index (χ1v) is 14.8. The Bertz CT molecular complexity index is 1460. The lowest BCUT2D eigenvalue weighted by Crippen LogP contribution is -2.49. The first-order chi connectivity index (χ1) is 15.5. The molecule has 3 aromatic carbocycles. The van der Waals surface area contributed by atoms with E-state index in [-0.39, 0.29) is 0 Å². The standard InChI is InChI=1S/C28H24N2SSi/c1-19-13-15-25(31-19)24-18-30(28(29-24)20-9-5-4-6-10-20)21-14-16-27-23(17-21)22-11-7-8-12-26(22)32(27,2)3/h4-18H,1-3H3. The fourth-order valence-corrected chi connectivity index (χ4v) is 8.81. The Labute approximate surface area is 193 Å². The second kappa shape index (κ2) is 7.16. The predicted octanol–water partition coefficient (Wildman–Crippen LogP) is 6.38. The van der Waals surface area contributed by atoms with Gasteiger partial charge < -0.3 is 0 Å². The molecule has 5 aromatic rings. The van der Waals surface area contributed by atoms with Crippen LogP contribution in [0.5, 0.6) is 0 Å². The van der Waals surface area contributed by atoms with Crippen molar-refractivity contribution in [2.75, 3.05) is 0 Å². The minimum Gasteiger partial charge on any atom is -0.299 e. The van der Waals surface area contributed by atoms with Crippen LogP contribution >= 0.6 is 11.3 Å². The van der Waals surface area contributed by atoms with Crippen LogP contribution in [0.25, 0.3) is 38.8 Å². The van der Waals surface area contributed by atoms with E-state index in [1.165, 1.54) is 31.3 Å². The predicted molar refractivity (Wildman–Crippen MR) is 139 cm³/mol. The minimum absolute atomic E-state index is 0.981. The Morgan fingerprint density at radius 1 is 0.781 bits per heavy atom. The maximum Gasteiger partial charge on any atom is 0.145 e. The third kappa shape index (κ3) is 2.94. The summed E-state index contributed by atoms with van der Waals surface area (Å²) in [6.45, 7) is 7.06. The van der Waals surface area contributed by atoms with Crippen molar-refractivity contribution in [2.45, 2.75) is 20.0 Å². The highest BCUT2D eigenvalue weighted by molar-refractivity contribution is 7.15. The van der Waals surface area contributed by atoms with E-state index in [0.717, 1.165) is 22.8 Å². The summed E-state index contributed by atoms with van der Waals surface area (Å²) in [6.07, 6.45) is 2.19. The Morgan fingerprint density at radius 3 is 2.31 bits per heavy atom. The molecule has 0 amide bonds. The molecule has 1 aliphatic heterocycles. The molecule has 4 heteroatoms. The van der Waals surface area contributed by atoms with E-state index in [1.807, 2.05) is 0 Å². The Balaban J connectivity index is 1.56. The second-order valence-corrected chi connectivity index (χ2v) is 14.6. The van der Waals surface area contributed by atoms with E-state index in [4.69, 9.17) is 4.98 Å². The molecule has 156 valence electrons. The fraction of sp³-hybridized carbons (Fsp3) is 0.107. The number of aromatic nitrogens is 2. The van der Waals surface area contributed by atoms with E-state index in [2.05, 4.69) is 116 Å². The van der Waals surface area contributed by atoms with Crippen molar-refractivity contribution in [3.8, 4) is 38.8 Å². The summed E-state index contributed by atoms with van der Waals surface area (Å²) in [5, 5.41) is 3.06. The zero-order chi connectivity index (χ0) is 21.9. The molecule has 0 fully saturated rings. The summed E-state index contributed by atoms with van der Waals surface area (Å²) in [4.78, 5) is 7.60. The lowest BCUT2D eigenvalue weighted by Gasteiger charge is -2.19. The Morgan fingerprint density at radius 2 is 1.53 bits per heavy atom. The number of benzene rings is 3. The smallest absolute Gasteiger partial charge is 0.145 e. The summed E-state index contributed by atoms with van der Waals surface area (Å²) >= 11 is 1.79. The van der Waals surface area contributed by atoms with Gasteiger partial charge in [-0.1, -0.05) is 73.8 Å².